The third-order valence-corrected chi connectivity index (χ3v) is 2.73. The first-order chi connectivity index (χ1) is 8.69. The highest BCUT2D eigenvalue weighted by molar-refractivity contribution is 5.79. The van der Waals surface area contributed by atoms with Crippen LogP contribution in [0.5, 0.6) is 5.75 Å². The lowest BCUT2D eigenvalue weighted by Gasteiger charge is -2.12. The minimum Gasteiger partial charge on any atom is -0.493 e. The van der Waals surface area contributed by atoms with E-state index < -0.39 is 0 Å². The number of aliphatic imine (C=N–C) groups is 1. The van der Waals surface area contributed by atoms with Crippen molar-refractivity contribution in [2.24, 2.45) is 4.99 Å². The Morgan fingerprint density at radius 1 is 1.28 bits per heavy atom. The molecule has 0 atom stereocenters. The molecule has 4 heteroatoms. The van der Waals surface area contributed by atoms with E-state index in [0.29, 0.717) is 6.61 Å². The van der Waals surface area contributed by atoms with E-state index >= 15 is 0 Å². The van der Waals surface area contributed by atoms with Crippen molar-refractivity contribution in [3.05, 3.63) is 29.3 Å². The first kappa shape index (κ1) is 14.4. The number of hydrogen-bond acceptors (Lipinski definition) is 2. The van der Waals surface area contributed by atoms with Gasteiger partial charge in [0.1, 0.15) is 5.75 Å². The number of rotatable bonds is 5. The second kappa shape index (κ2) is 7.58. The Morgan fingerprint density at radius 2 is 1.94 bits per heavy atom. The molecule has 0 aliphatic rings. The van der Waals surface area contributed by atoms with Gasteiger partial charge >= 0.3 is 0 Å². The van der Waals surface area contributed by atoms with Crippen LogP contribution in [0.15, 0.2) is 23.2 Å². The van der Waals surface area contributed by atoms with Gasteiger partial charge in [0.2, 0.25) is 0 Å². The molecule has 1 aromatic rings. The Hall–Kier alpha value is -1.71. The van der Waals surface area contributed by atoms with E-state index in [9.17, 15) is 0 Å². The molecule has 0 aliphatic carbocycles. The van der Waals surface area contributed by atoms with Crippen LogP contribution in [0, 0.1) is 13.8 Å². The molecule has 1 rings (SSSR count). The molecule has 0 saturated carbocycles. The van der Waals surface area contributed by atoms with Crippen LogP contribution in [-0.4, -0.2) is 33.2 Å². The summed E-state index contributed by atoms with van der Waals surface area (Å²) in [6.07, 6.45) is 0.939. The van der Waals surface area contributed by atoms with Crippen LogP contribution in [0.25, 0.3) is 0 Å². The fraction of sp³-hybridized carbons (Fsp3) is 0.500. The standard InChI is InChI=1S/C14H23N3O/c1-11-7-5-8-12(2)13(11)18-10-6-9-17-14(15-3)16-4/h5,7-8H,6,9-10H2,1-4H3,(H2,15,16,17). The summed E-state index contributed by atoms with van der Waals surface area (Å²) in [5.74, 6) is 1.82. The van der Waals surface area contributed by atoms with E-state index in [1.165, 1.54) is 11.1 Å². The Balaban J connectivity index is 2.30. The fourth-order valence-electron chi connectivity index (χ4n) is 1.76. The van der Waals surface area contributed by atoms with E-state index in [-0.39, 0.29) is 0 Å². The van der Waals surface area contributed by atoms with Crippen molar-refractivity contribution in [3.8, 4) is 5.75 Å². The third-order valence-electron chi connectivity index (χ3n) is 2.73. The average Bonchev–Trinajstić information content (AvgIpc) is 2.37. The van der Waals surface area contributed by atoms with E-state index in [4.69, 9.17) is 4.74 Å². The molecule has 0 aromatic heterocycles. The zero-order chi connectivity index (χ0) is 13.4. The Morgan fingerprint density at radius 3 is 2.50 bits per heavy atom. The van der Waals surface area contributed by atoms with E-state index in [1.54, 1.807) is 7.05 Å². The summed E-state index contributed by atoms with van der Waals surface area (Å²) >= 11 is 0. The molecule has 0 unspecified atom stereocenters. The number of benzene rings is 1. The normalized spacial score (nSPS) is 11.2. The lowest BCUT2D eigenvalue weighted by atomic mass is 10.1. The molecule has 0 spiro atoms. The van der Waals surface area contributed by atoms with Gasteiger partial charge in [-0.3, -0.25) is 4.99 Å². The number of aryl methyl sites for hydroxylation is 2. The Kier molecular flexibility index (Phi) is 6.05. The van der Waals surface area contributed by atoms with Gasteiger partial charge in [0.05, 0.1) is 6.61 Å². The maximum atomic E-state index is 5.82. The molecular formula is C14H23N3O. The van der Waals surface area contributed by atoms with E-state index in [2.05, 4.69) is 47.7 Å². The van der Waals surface area contributed by atoms with Crippen molar-refractivity contribution in [3.63, 3.8) is 0 Å². The molecule has 0 radical (unpaired) electrons. The fourth-order valence-corrected chi connectivity index (χ4v) is 1.76. The predicted octanol–water partition coefficient (Wildman–Crippen LogP) is 1.87. The first-order valence-electron chi connectivity index (χ1n) is 6.26. The first-order valence-corrected chi connectivity index (χ1v) is 6.26. The second-order valence-corrected chi connectivity index (χ2v) is 4.17. The zero-order valence-corrected chi connectivity index (χ0v) is 11.7. The topological polar surface area (TPSA) is 45.7 Å². The van der Waals surface area contributed by atoms with Crippen LogP contribution in [-0.2, 0) is 0 Å². The molecule has 0 fully saturated rings. The minimum absolute atomic E-state index is 0.708. The zero-order valence-electron chi connectivity index (χ0n) is 11.7. The van der Waals surface area contributed by atoms with Crippen molar-refractivity contribution in [2.45, 2.75) is 20.3 Å². The average molecular weight is 249 g/mol. The van der Waals surface area contributed by atoms with Gasteiger partial charge in [0.25, 0.3) is 0 Å². The van der Waals surface area contributed by atoms with Crippen molar-refractivity contribution >= 4 is 5.96 Å². The molecule has 100 valence electrons. The van der Waals surface area contributed by atoms with Gasteiger partial charge in [0.15, 0.2) is 5.96 Å². The molecule has 2 N–H and O–H groups in total. The van der Waals surface area contributed by atoms with Crippen LogP contribution >= 0.6 is 0 Å². The van der Waals surface area contributed by atoms with Crippen molar-refractivity contribution in [1.29, 1.82) is 0 Å². The SMILES string of the molecule is CN=C(NC)NCCCOc1c(C)cccc1C. The van der Waals surface area contributed by atoms with E-state index in [1.807, 2.05) is 7.05 Å². The van der Waals surface area contributed by atoms with Gasteiger partial charge < -0.3 is 15.4 Å². The van der Waals surface area contributed by atoms with Gasteiger partial charge in [-0.1, -0.05) is 18.2 Å². The molecule has 0 aliphatic heterocycles. The third kappa shape index (κ3) is 4.28. The Labute approximate surface area is 109 Å². The van der Waals surface area contributed by atoms with Gasteiger partial charge in [-0.25, -0.2) is 0 Å². The van der Waals surface area contributed by atoms with Crippen molar-refractivity contribution in [2.75, 3.05) is 27.2 Å². The van der Waals surface area contributed by atoms with Gasteiger partial charge in [-0.05, 0) is 31.4 Å². The number of nitrogens with zero attached hydrogens (tertiary/aromatic N) is 1. The highest BCUT2D eigenvalue weighted by Crippen LogP contribution is 2.22. The summed E-state index contributed by atoms with van der Waals surface area (Å²) in [6, 6.07) is 6.20. The summed E-state index contributed by atoms with van der Waals surface area (Å²) in [7, 11) is 3.61. The number of hydrogen-bond donors (Lipinski definition) is 2. The molecule has 4 nitrogen and oxygen atoms in total. The van der Waals surface area contributed by atoms with E-state index in [0.717, 1.165) is 24.7 Å². The lowest BCUT2D eigenvalue weighted by molar-refractivity contribution is 0.307. The summed E-state index contributed by atoms with van der Waals surface area (Å²) in [4.78, 5) is 4.04. The van der Waals surface area contributed by atoms with Crippen LogP contribution in [0.4, 0.5) is 0 Å². The molecular weight excluding hydrogens is 226 g/mol. The number of nitrogens with one attached hydrogen (secondary N) is 2. The summed E-state index contributed by atoms with van der Waals surface area (Å²) in [6.45, 7) is 5.70. The minimum atomic E-state index is 0.708. The van der Waals surface area contributed by atoms with Crippen LogP contribution < -0.4 is 15.4 Å². The molecule has 18 heavy (non-hydrogen) atoms. The van der Waals surface area contributed by atoms with Crippen molar-refractivity contribution in [1.82, 2.24) is 10.6 Å². The smallest absolute Gasteiger partial charge is 0.190 e. The van der Waals surface area contributed by atoms with Crippen LogP contribution in [0.1, 0.15) is 17.5 Å². The second-order valence-electron chi connectivity index (χ2n) is 4.17. The number of para-hydroxylation sites is 1. The van der Waals surface area contributed by atoms with Gasteiger partial charge in [-0.15, -0.1) is 0 Å². The quantitative estimate of drug-likeness (QED) is 0.476. The summed E-state index contributed by atoms with van der Waals surface area (Å²) < 4.78 is 5.82. The highest BCUT2D eigenvalue weighted by atomic mass is 16.5. The molecule has 0 amide bonds. The maximum absolute atomic E-state index is 5.82. The van der Waals surface area contributed by atoms with Crippen molar-refractivity contribution < 1.29 is 4.74 Å². The van der Waals surface area contributed by atoms with Crippen LogP contribution in [0.2, 0.25) is 0 Å². The Bertz CT molecular complexity index is 382. The number of guanidine groups is 1. The monoisotopic (exact) mass is 249 g/mol. The van der Waals surface area contributed by atoms with Crippen LogP contribution in [0.3, 0.4) is 0 Å². The number of ether oxygens (including phenoxy) is 1. The summed E-state index contributed by atoms with van der Waals surface area (Å²) in [5.41, 5.74) is 2.38. The molecule has 0 bridgehead atoms. The summed E-state index contributed by atoms with van der Waals surface area (Å²) in [5, 5.41) is 6.17. The lowest BCUT2D eigenvalue weighted by Crippen LogP contribution is -2.35. The largest absolute Gasteiger partial charge is 0.493 e. The van der Waals surface area contributed by atoms with Gasteiger partial charge in [0, 0.05) is 20.6 Å². The predicted molar refractivity (Wildman–Crippen MR) is 76.4 cm³/mol. The molecule has 0 heterocycles. The van der Waals surface area contributed by atoms with Gasteiger partial charge in [-0.2, -0.15) is 0 Å². The molecule has 1 aromatic carbocycles. The molecule has 0 saturated heterocycles. The highest BCUT2D eigenvalue weighted by Gasteiger charge is 2.02. The maximum Gasteiger partial charge on any atom is 0.190 e.